The van der Waals surface area contributed by atoms with Gasteiger partial charge in [0.2, 0.25) is 5.91 Å². The molecule has 1 aromatic carbocycles. The van der Waals surface area contributed by atoms with Crippen molar-refractivity contribution >= 4 is 17.5 Å². The van der Waals surface area contributed by atoms with Crippen molar-refractivity contribution in [2.75, 3.05) is 19.7 Å². The maximum atomic E-state index is 12.3. The number of amides is 1. The summed E-state index contributed by atoms with van der Waals surface area (Å²) in [6, 6.07) is 5.70. The highest BCUT2D eigenvalue weighted by molar-refractivity contribution is 6.32. The smallest absolute Gasteiger partial charge is 0.224 e. The van der Waals surface area contributed by atoms with Gasteiger partial charge in [0, 0.05) is 18.5 Å². The summed E-state index contributed by atoms with van der Waals surface area (Å²) in [7, 11) is 0. The van der Waals surface area contributed by atoms with Gasteiger partial charge in [0.15, 0.2) is 0 Å². The average molecular weight is 295 g/mol. The van der Waals surface area contributed by atoms with Gasteiger partial charge in [-0.3, -0.25) is 4.79 Å². The lowest BCUT2D eigenvalue weighted by Crippen LogP contribution is -2.42. The predicted molar refractivity (Wildman–Crippen MR) is 78.0 cm³/mol. The molecule has 0 aliphatic carbocycles. The Labute approximate surface area is 123 Å². The fraction of sp³-hybridized carbons (Fsp3) is 0.533. The summed E-state index contributed by atoms with van der Waals surface area (Å²) in [6.45, 7) is 2.38. The molecule has 3 rings (SSSR count). The first-order valence-electron chi connectivity index (χ1n) is 7.18. The number of carbonyl (C=O) groups is 1. The number of fused-ring (bicyclic) bond motifs is 1. The van der Waals surface area contributed by atoms with Crippen molar-refractivity contribution in [2.24, 2.45) is 5.92 Å². The molecule has 1 amide bonds. The molecule has 0 saturated carbocycles. The fourth-order valence-corrected chi connectivity index (χ4v) is 3.14. The van der Waals surface area contributed by atoms with E-state index in [0.717, 1.165) is 37.9 Å². The van der Waals surface area contributed by atoms with Crippen molar-refractivity contribution in [3.05, 3.63) is 28.8 Å². The van der Waals surface area contributed by atoms with E-state index in [9.17, 15) is 4.79 Å². The molecule has 0 spiro atoms. The van der Waals surface area contributed by atoms with Gasteiger partial charge in [0.05, 0.1) is 23.6 Å². The largest absolute Gasteiger partial charge is 0.492 e. The lowest BCUT2D eigenvalue weighted by molar-refractivity contribution is -0.126. The zero-order valence-electron chi connectivity index (χ0n) is 11.3. The number of carbonyl (C=O) groups excluding carboxylic acids is 1. The highest BCUT2D eigenvalue weighted by Crippen LogP contribution is 2.37. The molecule has 2 unspecified atom stereocenters. The molecule has 20 heavy (non-hydrogen) atoms. The van der Waals surface area contributed by atoms with Crippen LogP contribution in [-0.2, 0) is 4.79 Å². The molecular weight excluding hydrogens is 276 g/mol. The molecule has 0 bridgehead atoms. The number of para-hydroxylation sites is 1. The lowest BCUT2D eigenvalue weighted by Gasteiger charge is -2.30. The second-order valence-corrected chi connectivity index (χ2v) is 5.81. The molecule has 5 heteroatoms. The van der Waals surface area contributed by atoms with Gasteiger partial charge in [-0.1, -0.05) is 23.7 Å². The number of rotatable bonds is 2. The molecular formula is C15H19ClN2O2. The molecule has 1 aromatic rings. The number of benzene rings is 1. The van der Waals surface area contributed by atoms with Crippen LogP contribution in [-0.4, -0.2) is 25.6 Å². The van der Waals surface area contributed by atoms with Gasteiger partial charge in [-0.25, -0.2) is 0 Å². The molecule has 2 aliphatic rings. The van der Waals surface area contributed by atoms with Gasteiger partial charge in [0.1, 0.15) is 5.75 Å². The zero-order valence-corrected chi connectivity index (χ0v) is 12.1. The number of ether oxygens (including phenoxy) is 1. The molecule has 0 aromatic heterocycles. The van der Waals surface area contributed by atoms with E-state index >= 15 is 0 Å². The second kappa shape index (κ2) is 6.02. The van der Waals surface area contributed by atoms with Crippen molar-refractivity contribution in [3.8, 4) is 5.75 Å². The summed E-state index contributed by atoms with van der Waals surface area (Å²) in [5.74, 6) is 0.928. The Kier molecular flexibility index (Phi) is 4.13. The minimum Gasteiger partial charge on any atom is -0.492 e. The van der Waals surface area contributed by atoms with Crippen LogP contribution in [0, 0.1) is 5.92 Å². The average Bonchev–Trinajstić information content (AvgIpc) is 2.49. The van der Waals surface area contributed by atoms with Gasteiger partial charge >= 0.3 is 0 Å². The number of piperidine rings is 1. The van der Waals surface area contributed by atoms with Crippen molar-refractivity contribution in [2.45, 2.75) is 25.3 Å². The molecule has 2 atom stereocenters. The van der Waals surface area contributed by atoms with Crippen LogP contribution in [0.25, 0.3) is 0 Å². The monoisotopic (exact) mass is 294 g/mol. The van der Waals surface area contributed by atoms with Crippen LogP contribution in [0.5, 0.6) is 5.75 Å². The summed E-state index contributed by atoms with van der Waals surface area (Å²) < 4.78 is 5.62. The standard InChI is InChI=1S/C15H19ClN2O2/c16-12-5-1-4-11-13(6-8-20-14(11)12)18-15(19)10-3-2-7-17-9-10/h1,4-5,10,13,17H,2-3,6-9H2,(H,18,19). The number of nitrogens with one attached hydrogen (secondary N) is 2. The molecule has 2 heterocycles. The van der Waals surface area contributed by atoms with Crippen LogP contribution in [0.15, 0.2) is 18.2 Å². The van der Waals surface area contributed by atoms with Gasteiger partial charge in [-0.2, -0.15) is 0 Å². The van der Waals surface area contributed by atoms with E-state index in [4.69, 9.17) is 16.3 Å². The van der Waals surface area contributed by atoms with E-state index in [-0.39, 0.29) is 17.9 Å². The van der Waals surface area contributed by atoms with Crippen molar-refractivity contribution in [1.82, 2.24) is 10.6 Å². The Hall–Kier alpha value is -1.26. The van der Waals surface area contributed by atoms with Crippen LogP contribution in [0.4, 0.5) is 0 Å². The van der Waals surface area contributed by atoms with Crippen molar-refractivity contribution in [3.63, 3.8) is 0 Å². The Bertz CT molecular complexity index is 501. The van der Waals surface area contributed by atoms with E-state index in [1.54, 1.807) is 0 Å². The number of hydrogen-bond acceptors (Lipinski definition) is 3. The maximum Gasteiger partial charge on any atom is 0.224 e. The summed E-state index contributed by atoms with van der Waals surface area (Å²) in [5, 5.41) is 7.04. The predicted octanol–water partition coefficient (Wildman–Crippen LogP) is 2.28. The van der Waals surface area contributed by atoms with Crippen LogP contribution in [0.3, 0.4) is 0 Å². The van der Waals surface area contributed by atoms with Gasteiger partial charge in [-0.05, 0) is 25.5 Å². The summed E-state index contributed by atoms with van der Waals surface area (Å²) in [5.41, 5.74) is 0.987. The van der Waals surface area contributed by atoms with Gasteiger partial charge in [0.25, 0.3) is 0 Å². The molecule has 0 radical (unpaired) electrons. The van der Waals surface area contributed by atoms with E-state index in [2.05, 4.69) is 10.6 Å². The minimum absolute atomic E-state index is 0.00637. The van der Waals surface area contributed by atoms with E-state index in [1.165, 1.54) is 0 Å². The quantitative estimate of drug-likeness (QED) is 0.880. The number of halogens is 1. The van der Waals surface area contributed by atoms with E-state index in [0.29, 0.717) is 17.4 Å². The maximum absolute atomic E-state index is 12.3. The zero-order chi connectivity index (χ0) is 13.9. The van der Waals surface area contributed by atoms with Crippen LogP contribution in [0.1, 0.15) is 30.9 Å². The highest BCUT2D eigenvalue weighted by atomic mass is 35.5. The Morgan fingerprint density at radius 3 is 3.10 bits per heavy atom. The van der Waals surface area contributed by atoms with Crippen LogP contribution in [0.2, 0.25) is 5.02 Å². The topological polar surface area (TPSA) is 50.4 Å². The first-order valence-corrected chi connectivity index (χ1v) is 7.56. The van der Waals surface area contributed by atoms with Crippen LogP contribution < -0.4 is 15.4 Å². The minimum atomic E-state index is 0.00637. The van der Waals surface area contributed by atoms with Crippen molar-refractivity contribution < 1.29 is 9.53 Å². The third-order valence-electron chi connectivity index (χ3n) is 4.01. The first kappa shape index (κ1) is 13.7. The molecule has 2 aliphatic heterocycles. The molecule has 108 valence electrons. The van der Waals surface area contributed by atoms with Gasteiger partial charge in [-0.15, -0.1) is 0 Å². The van der Waals surface area contributed by atoms with Gasteiger partial charge < -0.3 is 15.4 Å². The first-order chi connectivity index (χ1) is 9.75. The lowest BCUT2D eigenvalue weighted by atomic mass is 9.96. The Balaban J connectivity index is 1.73. The SMILES string of the molecule is O=C(NC1CCOc2c(Cl)cccc21)C1CCCNC1. The van der Waals surface area contributed by atoms with Crippen molar-refractivity contribution in [1.29, 1.82) is 0 Å². The Morgan fingerprint density at radius 1 is 1.40 bits per heavy atom. The third-order valence-corrected chi connectivity index (χ3v) is 4.31. The van der Waals surface area contributed by atoms with Crippen LogP contribution >= 0.6 is 11.6 Å². The molecule has 4 nitrogen and oxygen atoms in total. The third kappa shape index (κ3) is 2.76. The van der Waals surface area contributed by atoms with E-state index < -0.39 is 0 Å². The summed E-state index contributed by atoms with van der Waals surface area (Å²) in [6.07, 6.45) is 2.82. The normalized spacial score (nSPS) is 25.4. The highest BCUT2D eigenvalue weighted by Gasteiger charge is 2.28. The molecule has 1 saturated heterocycles. The Morgan fingerprint density at radius 2 is 2.30 bits per heavy atom. The summed E-state index contributed by atoms with van der Waals surface area (Å²) >= 11 is 6.15. The molecule has 2 N–H and O–H groups in total. The number of hydrogen-bond donors (Lipinski definition) is 2. The molecule has 1 fully saturated rings. The second-order valence-electron chi connectivity index (χ2n) is 5.40. The van der Waals surface area contributed by atoms with E-state index in [1.807, 2.05) is 18.2 Å². The fourth-order valence-electron chi connectivity index (χ4n) is 2.90. The summed E-state index contributed by atoms with van der Waals surface area (Å²) in [4.78, 5) is 12.3.